The Labute approximate surface area is 195 Å². The van der Waals surface area contributed by atoms with Gasteiger partial charge in [-0.15, -0.1) is 11.8 Å². The SMILES string of the molecule is CCc1ccc2nc(N(Cc3ccncc3)C(=O)CCCSc3ccc(F)cc3)sc2c1. The van der Waals surface area contributed by atoms with Gasteiger partial charge in [0.05, 0.1) is 16.8 Å². The highest BCUT2D eigenvalue weighted by Gasteiger charge is 2.20. The van der Waals surface area contributed by atoms with Gasteiger partial charge in [-0.25, -0.2) is 9.37 Å². The molecule has 0 fully saturated rings. The Morgan fingerprint density at radius 2 is 1.84 bits per heavy atom. The van der Waals surface area contributed by atoms with Gasteiger partial charge < -0.3 is 0 Å². The number of hydrogen-bond donors (Lipinski definition) is 0. The monoisotopic (exact) mass is 465 g/mol. The largest absolute Gasteiger partial charge is 0.284 e. The van der Waals surface area contributed by atoms with Gasteiger partial charge in [-0.05, 0) is 78.3 Å². The molecule has 0 aliphatic rings. The molecule has 0 N–H and O–H groups in total. The van der Waals surface area contributed by atoms with Crippen LogP contribution >= 0.6 is 23.1 Å². The van der Waals surface area contributed by atoms with E-state index in [0.29, 0.717) is 13.0 Å². The molecule has 2 aromatic carbocycles. The highest BCUT2D eigenvalue weighted by Crippen LogP contribution is 2.31. The number of carbonyl (C=O) groups excluding carboxylic acids is 1. The normalized spacial score (nSPS) is 11.1. The van der Waals surface area contributed by atoms with E-state index in [9.17, 15) is 9.18 Å². The standard InChI is InChI=1S/C25H24FN3OS2/c1-2-18-5-10-22-23(16-18)32-25(28-22)29(17-19-11-13-27-14-12-19)24(30)4-3-15-31-21-8-6-20(26)7-9-21/h5-14,16H,2-4,15,17H2,1H3. The fraction of sp³-hybridized carbons (Fsp3) is 0.240. The van der Waals surface area contributed by atoms with E-state index in [-0.39, 0.29) is 11.7 Å². The van der Waals surface area contributed by atoms with Crippen LogP contribution in [0.2, 0.25) is 0 Å². The maximum absolute atomic E-state index is 13.2. The number of halogens is 1. The number of amides is 1. The lowest BCUT2D eigenvalue weighted by Gasteiger charge is -2.20. The third-order valence-corrected chi connectivity index (χ3v) is 7.23. The lowest BCUT2D eigenvalue weighted by Crippen LogP contribution is -2.30. The Hall–Kier alpha value is -2.77. The zero-order valence-electron chi connectivity index (χ0n) is 17.8. The Balaban J connectivity index is 1.47. The average Bonchev–Trinajstić information content (AvgIpc) is 3.25. The molecule has 4 rings (SSSR count). The lowest BCUT2D eigenvalue weighted by atomic mass is 10.2. The predicted molar refractivity (Wildman–Crippen MR) is 131 cm³/mol. The molecular weight excluding hydrogens is 441 g/mol. The van der Waals surface area contributed by atoms with Crippen molar-refractivity contribution in [3.63, 3.8) is 0 Å². The van der Waals surface area contributed by atoms with Crippen LogP contribution in [0.25, 0.3) is 10.2 Å². The minimum Gasteiger partial charge on any atom is -0.284 e. The molecule has 0 aliphatic heterocycles. The van der Waals surface area contributed by atoms with Gasteiger partial charge in [-0.1, -0.05) is 24.3 Å². The molecule has 32 heavy (non-hydrogen) atoms. The number of fused-ring (bicyclic) bond motifs is 1. The molecule has 2 heterocycles. The second kappa shape index (κ2) is 10.7. The number of nitrogens with zero attached hydrogens (tertiary/aromatic N) is 3. The summed E-state index contributed by atoms with van der Waals surface area (Å²) in [5.41, 5.74) is 3.20. The van der Waals surface area contributed by atoms with Gasteiger partial charge >= 0.3 is 0 Å². The van der Waals surface area contributed by atoms with E-state index in [1.165, 1.54) is 17.7 Å². The molecule has 0 bridgehead atoms. The van der Waals surface area contributed by atoms with Crippen molar-refractivity contribution in [3.05, 3.63) is 83.9 Å². The summed E-state index contributed by atoms with van der Waals surface area (Å²) >= 11 is 3.19. The number of aryl methyl sites for hydroxylation is 1. The summed E-state index contributed by atoms with van der Waals surface area (Å²) in [5, 5.41) is 0.723. The number of carbonyl (C=O) groups is 1. The third-order valence-electron chi connectivity index (χ3n) is 5.09. The van der Waals surface area contributed by atoms with Crippen molar-refractivity contribution in [1.29, 1.82) is 0 Å². The number of anilines is 1. The first-order chi connectivity index (χ1) is 15.6. The van der Waals surface area contributed by atoms with Crippen molar-refractivity contribution in [1.82, 2.24) is 9.97 Å². The number of rotatable bonds is 9. The Morgan fingerprint density at radius 3 is 2.59 bits per heavy atom. The van der Waals surface area contributed by atoms with Gasteiger partial charge in [0.25, 0.3) is 0 Å². The first kappa shape index (κ1) is 22.4. The number of thiazole rings is 1. The second-order valence-corrected chi connectivity index (χ2v) is 9.57. The maximum Gasteiger partial charge on any atom is 0.229 e. The van der Waals surface area contributed by atoms with Crippen molar-refractivity contribution in [2.75, 3.05) is 10.7 Å². The fourth-order valence-electron chi connectivity index (χ4n) is 3.30. The molecule has 0 spiro atoms. The Bertz CT molecular complexity index is 1180. The Morgan fingerprint density at radius 1 is 1.06 bits per heavy atom. The minimum atomic E-state index is -0.238. The van der Waals surface area contributed by atoms with Crippen LogP contribution in [0.1, 0.15) is 30.9 Å². The summed E-state index contributed by atoms with van der Waals surface area (Å²) in [5.74, 6) is 0.606. The summed E-state index contributed by atoms with van der Waals surface area (Å²) in [7, 11) is 0. The van der Waals surface area contributed by atoms with Gasteiger partial charge in [0.1, 0.15) is 5.82 Å². The molecule has 0 saturated carbocycles. The summed E-state index contributed by atoms with van der Waals surface area (Å²) < 4.78 is 14.2. The van der Waals surface area contributed by atoms with Crippen molar-refractivity contribution < 1.29 is 9.18 Å². The quantitative estimate of drug-likeness (QED) is 0.209. The molecular formula is C25H24FN3OS2. The molecule has 4 nitrogen and oxygen atoms in total. The van der Waals surface area contributed by atoms with E-state index in [1.54, 1.807) is 52.5 Å². The number of benzene rings is 2. The summed E-state index contributed by atoms with van der Waals surface area (Å²) in [6.07, 6.45) is 5.61. The number of hydrogen-bond acceptors (Lipinski definition) is 5. The topological polar surface area (TPSA) is 46.1 Å². The van der Waals surface area contributed by atoms with E-state index >= 15 is 0 Å². The van der Waals surface area contributed by atoms with Crippen LogP contribution in [-0.4, -0.2) is 21.6 Å². The number of pyridine rings is 1. The molecule has 2 aromatic heterocycles. The zero-order chi connectivity index (χ0) is 22.3. The van der Waals surface area contributed by atoms with E-state index in [4.69, 9.17) is 4.98 Å². The van der Waals surface area contributed by atoms with Crippen molar-refractivity contribution in [3.8, 4) is 0 Å². The smallest absolute Gasteiger partial charge is 0.229 e. The van der Waals surface area contributed by atoms with Crippen molar-refractivity contribution in [2.45, 2.75) is 37.6 Å². The highest BCUT2D eigenvalue weighted by atomic mass is 32.2. The molecule has 1 amide bonds. The van der Waals surface area contributed by atoms with Crippen LogP contribution < -0.4 is 4.90 Å². The van der Waals surface area contributed by atoms with Gasteiger partial charge in [-0.3, -0.25) is 14.7 Å². The molecule has 0 unspecified atom stereocenters. The lowest BCUT2D eigenvalue weighted by molar-refractivity contribution is -0.118. The molecule has 7 heteroatoms. The molecule has 164 valence electrons. The fourth-order valence-corrected chi connectivity index (χ4v) is 5.20. The van der Waals surface area contributed by atoms with E-state index < -0.39 is 0 Å². The van der Waals surface area contributed by atoms with Crippen LogP contribution in [0.3, 0.4) is 0 Å². The van der Waals surface area contributed by atoms with Crippen LogP contribution in [0, 0.1) is 5.82 Å². The molecule has 0 atom stereocenters. The predicted octanol–water partition coefficient (Wildman–Crippen LogP) is 6.50. The van der Waals surface area contributed by atoms with Gasteiger partial charge in [0.15, 0.2) is 5.13 Å². The maximum atomic E-state index is 13.2. The highest BCUT2D eigenvalue weighted by molar-refractivity contribution is 7.99. The second-order valence-electron chi connectivity index (χ2n) is 7.39. The first-order valence-corrected chi connectivity index (χ1v) is 12.4. The van der Waals surface area contributed by atoms with Gasteiger partial charge in [0, 0.05) is 23.7 Å². The molecule has 0 saturated heterocycles. The van der Waals surface area contributed by atoms with Crippen LogP contribution in [0.5, 0.6) is 0 Å². The van der Waals surface area contributed by atoms with Gasteiger partial charge in [0.2, 0.25) is 5.91 Å². The van der Waals surface area contributed by atoms with Crippen molar-refractivity contribution in [2.24, 2.45) is 0 Å². The molecule has 0 radical (unpaired) electrons. The first-order valence-electron chi connectivity index (χ1n) is 10.6. The van der Waals surface area contributed by atoms with Crippen LogP contribution in [0.15, 0.2) is 71.9 Å². The van der Waals surface area contributed by atoms with E-state index in [1.807, 2.05) is 18.2 Å². The zero-order valence-corrected chi connectivity index (χ0v) is 19.5. The number of aromatic nitrogens is 2. The Kier molecular flexibility index (Phi) is 7.50. The third kappa shape index (κ3) is 5.72. The molecule has 0 aliphatic carbocycles. The molecule has 4 aromatic rings. The van der Waals surface area contributed by atoms with Gasteiger partial charge in [-0.2, -0.15) is 0 Å². The minimum absolute atomic E-state index is 0.0521. The van der Waals surface area contributed by atoms with E-state index in [0.717, 1.165) is 44.4 Å². The van der Waals surface area contributed by atoms with Crippen molar-refractivity contribution >= 4 is 44.4 Å². The summed E-state index contributed by atoms with van der Waals surface area (Å²) in [6, 6.07) is 16.6. The van der Waals surface area contributed by atoms with E-state index in [2.05, 4.69) is 24.0 Å². The summed E-state index contributed by atoms with van der Waals surface area (Å²) in [6.45, 7) is 2.60. The van der Waals surface area contributed by atoms with Crippen LogP contribution in [0.4, 0.5) is 9.52 Å². The van der Waals surface area contributed by atoms with Crippen LogP contribution in [-0.2, 0) is 17.8 Å². The average molecular weight is 466 g/mol. The number of thioether (sulfide) groups is 1. The summed E-state index contributed by atoms with van der Waals surface area (Å²) in [4.78, 5) is 24.8.